The van der Waals surface area contributed by atoms with Crippen LogP contribution in [0.4, 0.5) is 0 Å². The van der Waals surface area contributed by atoms with Crippen molar-refractivity contribution in [3.05, 3.63) is 63.9 Å². The lowest BCUT2D eigenvalue weighted by atomic mass is 10.1. The molecule has 0 N–H and O–H groups in total. The number of thioether (sulfide) groups is 1. The lowest BCUT2D eigenvalue weighted by molar-refractivity contribution is -0.130. The third kappa shape index (κ3) is 3.65. The number of aromatic nitrogens is 2. The summed E-state index contributed by atoms with van der Waals surface area (Å²) in [7, 11) is 0. The molecule has 1 atom stereocenters. The zero-order valence-corrected chi connectivity index (χ0v) is 16.3. The molecule has 0 amide bonds. The van der Waals surface area contributed by atoms with E-state index in [-0.39, 0.29) is 11.7 Å². The van der Waals surface area contributed by atoms with E-state index in [1.165, 1.54) is 0 Å². The molecule has 27 heavy (non-hydrogen) atoms. The molecule has 1 fully saturated rings. The van der Waals surface area contributed by atoms with Gasteiger partial charge in [-0.1, -0.05) is 42.1 Å². The second-order valence-corrected chi connectivity index (χ2v) is 7.69. The lowest BCUT2D eigenvalue weighted by Crippen LogP contribution is -2.27. The third-order valence-corrected chi connectivity index (χ3v) is 5.85. The highest BCUT2D eigenvalue weighted by Crippen LogP contribution is 2.27. The van der Waals surface area contributed by atoms with Crippen molar-refractivity contribution < 1.29 is 9.47 Å². The first kappa shape index (κ1) is 18.2. The van der Waals surface area contributed by atoms with Gasteiger partial charge in [0.1, 0.15) is 6.79 Å². The van der Waals surface area contributed by atoms with Gasteiger partial charge in [0.05, 0.1) is 29.3 Å². The fourth-order valence-electron chi connectivity index (χ4n) is 3.37. The van der Waals surface area contributed by atoms with Crippen LogP contribution in [0.2, 0.25) is 0 Å². The van der Waals surface area contributed by atoms with Crippen molar-refractivity contribution in [2.45, 2.75) is 31.5 Å². The Morgan fingerprint density at radius 2 is 1.93 bits per heavy atom. The highest BCUT2D eigenvalue weighted by molar-refractivity contribution is 7.99. The average molecular weight is 382 g/mol. The molecule has 4 rings (SSSR count). The van der Waals surface area contributed by atoms with Crippen LogP contribution >= 0.6 is 11.8 Å². The Hall–Kier alpha value is -2.15. The minimum absolute atomic E-state index is 0.0339. The van der Waals surface area contributed by atoms with E-state index in [1.807, 2.05) is 56.3 Å². The molecule has 0 aliphatic carbocycles. The summed E-state index contributed by atoms with van der Waals surface area (Å²) >= 11 is 1.57. The molecule has 3 aromatic rings. The molecular formula is C21H22N2O3S. The molecule has 2 heterocycles. The minimum Gasteiger partial charge on any atom is -0.355 e. The Balaban J connectivity index is 1.84. The fraction of sp³-hybridized carbons (Fsp3) is 0.333. The summed E-state index contributed by atoms with van der Waals surface area (Å²) in [4.78, 5) is 18.2. The van der Waals surface area contributed by atoms with Crippen LogP contribution in [-0.2, 0) is 9.47 Å². The largest absolute Gasteiger partial charge is 0.355 e. The van der Waals surface area contributed by atoms with Gasteiger partial charge in [-0.05, 0) is 43.5 Å². The predicted molar refractivity (Wildman–Crippen MR) is 108 cm³/mol. The number of hydrogen-bond acceptors (Lipinski definition) is 5. The van der Waals surface area contributed by atoms with Crippen molar-refractivity contribution in [1.82, 2.24) is 9.55 Å². The van der Waals surface area contributed by atoms with Crippen molar-refractivity contribution in [1.29, 1.82) is 0 Å². The molecule has 1 aliphatic rings. The molecule has 0 unspecified atom stereocenters. The van der Waals surface area contributed by atoms with Crippen LogP contribution < -0.4 is 5.56 Å². The van der Waals surface area contributed by atoms with Crippen molar-refractivity contribution in [3.63, 3.8) is 0 Å². The summed E-state index contributed by atoms with van der Waals surface area (Å²) in [6, 6.07) is 13.6. The van der Waals surface area contributed by atoms with Gasteiger partial charge < -0.3 is 9.47 Å². The van der Waals surface area contributed by atoms with Gasteiger partial charge in [-0.2, -0.15) is 0 Å². The van der Waals surface area contributed by atoms with Crippen molar-refractivity contribution in [3.8, 4) is 5.69 Å². The SMILES string of the molecule is Cc1cccc(C)c1-n1c(SC[C@H]2CCOCO2)nc2ccccc2c1=O. The Labute approximate surface area is 162 Å². The molecular weight excluding hydrogens is 360 g/mol. The Morgan fingerprint density at radius 1 is 1.15 bits per heavy atom. The number of benzene rings is 2. The zero-order chi connectivity index (χ0) is 18.8. The van der Waals surface area contributed by atoms with Gasteiger partial charge in [-0.25, -0.2) is 4.98 Å². The summed E-state index contributed by atoms with van der Waals surface area (Å²) in [6.07, 6.45) is 0.965. The molecule has 0 spiro atoms. The van der Waals surface area contributed by atoms with E-state index in [9.17, 15) is 4.79 Å². The molecule has 0 radical (unpaired) electrons. The number of para-hydroxylation sites is 2. The van der Waals surface area contributed by atoms with Crippen molar-refractivity contribution >= 4 is 22.7 Å². The standard InChI is InChI=1S/C21H22N2O3S/c1-14-6-5-7-15(2)19(14)23-20(24)17-8-3-4-9-18(17)22-21(23)27-12-16-10-11-25-13-26-16/h3-9,16H,10-13H2,1-2H3/t16-/m1/s1. The summed E-state index contributed by atoms with van der Waals surface area (Å²) < 4.78 is 12.7. The van der Waals surface area contributed by atoms with Gasteiger partial charge in [0.2, 0.25) is 0 Å². The number of fused-ring (bicyclic) bond motifs is 1. The lowest BCUT2D eigenvalue weighted by Gasteiger charge is -2.23. The summed E-state index contributed by atoms with van der Waals surface area (Å²) in [6.45, 7) is 5.10. The van der Waals surface area contributed by atoms with E-state index in [4.69, 9.17) is 14.5 Å². The Morgan fingerprint density at radius 3 is 2.67 bits per heavy atom. The molecule has 1 saturated heterocycles. The maximum atomic E-state index is 13.4. The molecule has 140 valence electrons. The van der Waals surface area contributed by atoms with Gasteiger partial charge in [0.25, 0.3) is 5.56 Å². The average Bonchev–Trinajstić information content (AvgIpc) is 2.69. The molecule has 6 heteroatoms. The molecule has 1 aliphatic heterocycles. The molecule has 2 aromatic carbocycles. The second-order valence-electron chi connectivity index (χ2n) is 6.71. The molecule has 0 saturated carbocycles. The van der Waals surface area contributed by atoms with Crippen molar-refractivity contribution in [2.24, 2.45) is 0 Å². The highest BCUT2D eigenvalue weighted by atomic mass is 32.2. The quantitative estimate of drug-likeness (QED) is 0.507. The highest BCUT2D eigenvalue weighted by Gasteiger charge is 2.19. The maximum Gasteiger partial charge on any atom is 0.266 e. The summed E-state index contributed by atoms with van der Waals surface area (Å²) in [5.41, 5.74) is 3.71. The van der Waals surface area contributed by atoms with Crippen LogP contribution in [0.5, 0.6) is 0 Å². The van der Waals surface area contributed by atoms with E-state index >= 15 is 0 Å². The van der Waals surface area contributed by atoms with Gasteiger partial charge in [-0.3, -0.25) is 9.36 Å². The Kier molecular flexibility index (Phi) is 5.29. The van der Waals surface area contributed by atoms with Gasteiger partial charge >= 0.3 is 0 Å². The van der Waals surface area contributed by atoms with Crippen LogP contribution in [-0.4, -0.2) is 34.8 Å². The predicted octanol–water partition coefficient (Wildman–Crippen LogP) is 3.86. The summed E-state index contributed by atoms with van der Waals surface area (Å²) in [5.74, 6) is 0.735. The smallest absolute Gasteiger partial charge is 0.266 e. The third-order valence-electron chi connectivity index (χ3n) is 4.78. The molecule has 5 nitrogen and oxygen atoms in total. The number of rotatable bonds is 4. The van der Waals surface area contributed by atoms with Crippen LogP contribution in [0.1, 0.15) is 17.5 Å². The summed E-state index contributed by atoms with van der Waals surface area (Å²) in [5, 5.41) is 1.33. The first-order valence-corrected chi connectivity index (χ1v) is 10.0. The first-order chi connectivity index (χ1) is 13.1. The van der Waals surface area contributed by atoms with Gasteiger partial charge in [-0.15, -0.1) is 0 Å². The Bertz CT molecular complexity index is 1010. The van der Waals surface area contributed by atoms with E-state index < -0.39 is 0 Å². The number of nitrogens with zero attached hydrogens (tertiary/aromatic N) is 2. The zero-order valence-electron chi connectivity index (χ0n) is 15.5. The normalized spacial score (nSPS) is 17.3. The van der Waals surface area contributed by atoms with Gasteiger partial charge in [0, 0.05) is 5.75 Å². The second kappa shape index (κ2) is 7.84. The molecule has 1 aromatic heterocycles. The van der Waals surface area contributed by atoms with Crippen LogP contribution in [0.15, 0.2) is 52.4 Å². The maximum absolute atomic E-state index is 13.4. The van der Waals surface area contributed by atoms with E-state index in [2.05, 4.69) is 0 Å². The topological polar surface area (TPSA) is 53.4 Å². The number of hydrogen-bond donors (Lipinski definition) is 0. The number of ether oxygens (including phenoxy) is 2. The number of aryl methyl sites for hydroxylation is 2. The van der Waals surface area contributed by atoms with Crippen LogP contribution in [0.25, 0.3) is 16.6 Å². The fourth-order valence-corrected chi connectivity index (χ4v) is 4.43. The van der Waals surface area contributed by atoms with Crippen LogP contribution in [0, 0.1) is 13.8 Å². The monoisotopic (exact) mass is 382 g/mol. The molecule has 0 bridgehead atoms. The minimum atomic E-state index is -0.0339. The van der Waals surface area contributed by atoms with Crippen LogP contribution in [0.3, 0.4) is 0 Å². The van der Waals surface area contributed by atoms with Crippen molar-refractivity contribution in [2.75, 3.05) is 19.2 Å². The first-order valence-electron chi connectivity index (χ1n) is 9.05. The van der Waals surface area contributed by atoms with E-state index in [1.54, 1.807) is 16.3 Å². The van der Waals surface area contributed by atoms with E-state index in [0.717, 1.165) is 34.5 Å². The van der Waals surface area contributed by atoms with E-state index in [0.29, 0.717) is 23.9 Å². The van der Waals surface area contributed by atoms with Gasteiger partial charge in [0.15, 0.2) is 5.16 Å².